The van der Waals surface area contributed by atoms with E-state index in [1.807, 2.05) is 24.5 Å². The molecule has 0 saturated carbocycles. The van der Waals surface area contributed by atoms with E-state index in [0.29, 0.717) is 0 Å². The van der Waals surface area contributed by atoms with Crippen molar-refractivity contribution in [2.75, 3.05) is 10.6 Å². The van der Waals surface area contributed by atoms with Crippen molar-refractivity contribution < 1.29 is 0 Å². The fourth-order valence-corrected chi connectivity index (χ4v) is 3.63. The molecule has 0 radical (unpaired) electrons. The highest BCUT2D eigenvalue weighted by atomic mass is 15.2. The third-order valence-electron chi connectivity index (χ3n) is 5.55. The summed E-state index contributed by atoms with van der Waals surface area (Å²) in [4.78, 5) is 14.0. The lowest BCUT2D eigenvalue weighted by Gasteiger charge is -2.20. The topological polar surface area (TPSA) is 62.2 Å². The van der Waals surface area contributed by atoms with Crippen LogP contribution >= 0.6 is 0 Å². The standard InChI is InChI=1S/C26H31N5/c1-25(2,3)17-11-13-27-21(15-17)29-23-19-9-7-8-10-20(19)24(31-23)30-22-16-18(12-14-28-22)26(4,5)6/h7-16,23H,1-6H3,(H,27,29)(H,28,30,31). The summed E-state index contributed by atoms with van der Waals surface area (Å²) in [5, 5.41) is 6.94. The Labute approximate surface area is 185 Å². The van der Waals surface area contributed by atoms with Crippen LogP contribution in [0.1, 0.15) is 70.0 Å². The Bertz CT molecular complexity index is 1120. The van der Waals surface area contributed by atoms with Gasteiger partial charge < -0.3 is 10.6 Å². The molecule has 5 heteroatoms. The van der Waals surface area contributed by atoms with Crippen LogP contribution in [-0.4, -0.2) is 15.8 Å². The van der Waals surface area contributed by atoms with Crippen molar-refractivity contribution in [3.63, 3.8) is 0 Å². The third-order valence-corrected chi connectivity index (χ3v) is 5.55. The summed E-state index contributed by atoms with van der Waals surface area (Å²) in [5.41, 5.74) is 4.79. The molecular formula is C26H31N5. The fraction of sp³-hybridized carbons (Fsp3) is 0.346. The summed E-state index contributed by atoms with van der Waals surface area (Å²) >= 11 is 0. The number of fused-ring (bicyclic) bond motifs is 1. The van der Waals surface area contributed by atoms with Crippen molar-refractivity contribution in [3.05, 3.63) is 83.2 Å². The van der Waals surface area contributed by atoms with E-state index < -0.39 is 0 Å². The van der Waals surface area contributed by atoms with Crippen molar-refractivity contribution in [3.8, 4) is 0 Å². The van der Waals surface area contributed by atoms with Gasteiger partial charge in [0.15, 0.2) is 0 Å². The Kier molecular flexibility index (Phi) is 5.29. The molecule has 1 unspecified atom stereocenters. The van der Waals surface area contributed by atoms with Gasteiger partial charge >= 0.3 is 0 Å². The van der Waals surface area contributed by atoms with E-state index in [4.69, 9.17) is 4.99 Å². The number of hydrogen-bond acceptors (Lipinski definition) is 5. The van der Waals surface area contributed by atoms with E-state index in [2.05, 4.69) is 98.5 Å². The maximum atomic E-state index is 4.94. The number of aromatic nitrogens is 2. The maximum absolute atomic E-state index is 4.94. The molecule has 0 saturated heterocycles. The van der Waals surface area contributed by atoms with Gasteiger partial charge in [0.25, 0.3) is 0 Å². The minimum Gasteiger partial charge on any atom is -0.345 e. The van der Waals surface area contributed by atoms with Crippen molar-refractivity contribution in [2.45, 2.75) is 58.5 Å². The molecule has 5 nitrogen and oxygen atoms in total. The largest absolute Gasteiger partial charge is 0.345 e. The molecule has 4 rings (SSSR count). The number of nitrogens with one attached hydrogen (secondary N) is 2. The lowest BCUT2D eigenvalue weighted by Crippen LogP contribution is -2.15. The van der Waals surface area contributed by atoms with E-state index in [9.17, 15) is 0 Å². The van der Waals surface area contributed by atoms with Gasteiger partial charge in [-0.2, -0.15) is 0 Å². The van der Waals surface area contributed by atoms with Crippen LogP contribution in [0.3, 0.4) is 0 Å². The molecule has 3 aromatic rings. The maximum Gasteiger partial charge on any atom is 0.148 e. The molecule has 1 aliphatic heterocycles. The Hall–Kier alpha value is -3.21. The number of anilines is 2. The lowest BCUT2D eigenvalue weighted by atomic mass is 9.88. The lowest BCUT2D eigenvalue weighted by molar-refractivity contribution is 0.589. The van der Waals surface area contributed by atoms with Gasteiger partial charge in [0, 0.05) is 23.5 Å². The van der Waals surface area contributed by atoms with E-state index in [1.54, 1.807) is 0 Å². The molecule has 0 bridgehead atoms. The summed E-state index contributed by atoms with van der Waals surface area (Å²) in [6.07, 6.45) is 3.50. The SMILES string of the molecule is CC(C)(C)c1ccnc(NC2=NC(Nc3cc(C(C)(C)C)ccn3)c3ccccc32)c1. The summed E-state index contributed by atoms with van der Waals surface area (Å²) in [7, 11) is 0. The number of amidine groups is 1. The number of pyridine rings is 2. The minimum atomic E-state index is -0.202. The van der Waals surface area contributed by atoms with Gasteiger partial charge in [-0.25, -0.2) is 15.0 Å². The Morgan fingerprint density at radius 3 is 1.97 bits per heavy atom. The summed E-state index contributed by atoms with van der Waals surface area (Å²) in [5.74, 6) is 2.44. The quantitative estimate of drug-likeness (QED) is 0.548. The van der Waals surface area contributed by atoms with Gasteiger partial charge in [0.2, 0.25) is 0 Å². The van der Waals surface area contributed by atoms with Crippen molar-refractivity contribution in [2.24, 2.45) is 4.99 Å². The van der Waals surface area contributed by atoms with Gasteiger partial charge in [0.1, 0.15) is 23.6 Å². The Morgan fingerprint density at radius 2 is 1.32 bits per heavy atom. The van der Waals surface area contributed by atoms with Crippen LogP contribution in [0.25, 0.3) is 0 Å². The highest BCUT2D eigenvalue weighted by molar-refractivity contribution is 6.10. The molecule has 0 spiro atoms. The zero-order chi connectivity index (χ0) is 22.2. The first-order valence-electron chi connectivity index (χ1n) is 10.7. The number of aliphatic imine (C=N–C) groups is 1. The van der Waals surface area contributed by atoms with Crippen LogP contribution in [0.4, 0.5) is 11.6 Å². The van der Waals surface area contributed by atoms with E-state index in [0.717, 1.165) is 28.6 Å². The molecule has 0 amide bonds. The van der Waals surface area contributed by atoms with Gasteiger partial charge in [-0.3, -0.25) is 0 Å². The molecule has 1 aliphatic rings. The van der Waals surface area contributed by atoms with Crippen LogP contribution in [0.2, 0.25) is 0 Å². The summed E-state index contributed by atoms with van der Waals surface area (Å²) in [6.45, 7) is 13.2. The van der Waals surface area contributed by atoms with Gasteiger partial charge in [-0.15, -0.1) is 0 Å². The number of benzene rings is 1. The van der Waals surface area contributed by atoms with Crippen LogP contribution < -0.4 is 10.6 Å². The average molecular weight is 414 g/mol. The van der Waals surface area contributed by atoms with Crippen molar-refractivity contribution in [1.29, 1.82) is 0 Å². The zero-order valence-corrected chi connectivity index (χ0v) is 19.2. The molecule has 2 N–H and O–H groups in total. The number of nitrogens with zero attached hydrogens (tertiary/aromatic N) is 3. The smallest absolute Gasteiger partial charge is 0.148 e. The van der Waals surface area contributed by atoms with E-state index in [-0.39, 0.29) is 17.0 Å². The van der Waals surface area contributed by atoms with E-state index >= 15 is 0 Å². The zero-order valence-electron chi connectivity index (χ0n) is 19.2. The molecule has 0 aliphatic carbocycles. The van der Waals surface area contributed by atoms with E-state index in [1.165, 1.54) is 11.1 Å². The minimum absolute atomic E-state index is 0.0581. The predicted octanol–water partition coefficient (Wildman–Crippen LogP) is 6.05. The first kappa shape index (κ1) is 21.0. The molecule has 1 atom stereocenters. The highest BCUT2D eigenvalue weighted by Crippen LogP contribution is 2.32. The third kappa shape index (κ3) is 4.61. The fourth-order valence-electron chi connectivity index (χ4n) is 3.63. The molecule has 160 valence electrons. The monoisotopic (exact) mass is 413 g/mol. The van der Waals surface area contributed by atoms with Crippen LogP contribution in [-0.2, 0) is 10.8 Å². The van der Waals surface area contributed by atoms with Crippen molar-refractivity contribution in [1.82, 2.24) is 9.97 Å². The van der Waals surface area contributed by atoms with Gasteiger partial charge in [-0.05, 0) is 46.2 Å². The highest BCUT2D eigenvalue weighted by Gasteiger charge is 2.26. The molecule has 1 aromatic carbocycles. The van der Waals surface area contributed by atoms with Crippen LogP contribution in [0, 0.1) is 0 Å². The van der Waals surface area contributed by atoms with Gasteiger partial charge in [0.05, 0.1) is 0 Å². The first-order chi connectivity index (χ1) is 14.6. The predicted molar refractivity (Wildman–Crippen MR) is 129 cm³/mol. The summed E-state index contributed by atoms with van der Waals surface area (Å²) < 4.78 is 0. The van der Waals surface area contributed by atoms with Crippen LogP contribution in [0.5, 0.6) is 0 Å². The first-order valence-corrected chi connectivity index (χ1v) is 10.7. The second-order valence-corrected chi connectivity index (χ2v) is 10.1. The Morgan fingerprint density at radius 1 is 0.742 bits per heavy atom. The van der Waals surface area contributed by atoms with Crippen molar-refractivity contribution >= 4 is 17.5 Å². The molecule has 0 fully saturated rings. The molecular weight excluding hydrogens is 382 g/mol. The number of hydrogen-bond donors (Lipinski definition) is 2. The second-order valence-electron chi connectivity index (χ2n) is 10.1. The molecule has 2 aromatic heterocycles. The van der Waals surface area contributed by atoms with Gasteiger partial charge in [-0.1, -0.05) is 65.8 Å². The summed E-state index contributed by atoms with van der Waals surface area (Å²) in [6, 6.07) is 16.6. The molecule has 3 heterocycles. The number of rotatable bonds is 3. The average Bonchev–Trinajstić information content (AvgIpc) is 3.05. The van der Waals surface area contributed by atoms with Crippen LogP contribution in [0.15, 0.2) is 65.9 Å². The second kappa shape index (κ2) is 7.80. The Balaban J connectivity index is 1.63. The molecule has 31 heavy (non-hydrogen) atoms. The normalized spacial score (nSPS) is 15.9.